The quantitative estimate of drug-likeness (QED) is 0.669. The highest BCUT2D eigenvalue weighted by Gasteiger charge is 2.27. The minimum Gasteiger partial charge on any atom is -0.353 e. The van der Waals surface area contributed by atoms with Gasteiger partial charge in [-0.2, -0.15) is 0 Å². The summed E-state index contributed by atoms with van der Waals surface area (Å²) in [5.41, 5.74) is 5.79. The number of nitrogens with zero attached hydrogens (tertiary/aromatic N) is 1. The zero-order valence-electron chi connectivity index (χ0n) is 9.29. The predicted octanol–water partition coefficient (Wildman–Crippen LogP) is -0.0675. The number of likely N-dealkylation sites (tertiary alicyclic amines) is 1. The van der Waals surface area contributed by atoms with Crippen LogP contribution in [0.2, 0.25) is 0 Å². The van der Waals surface area contributed by atoms with Crippen molar-refractivity contribution in [1.29, 1.82) is 0 Å². The van der Waals surface area contributed by atoms with Gasteiger partial charge in [-0.15, -0.1) is 0 Å². The Balaban J connectivity index is 2.40. The topological polar surface area (TPSA) is 58.4 Å². The van der Waals surface area contributed by atoms with Crippen molar-refractivity contribution >= 4 is 5.91 Å². The number of hydrogen-bond acceptors (Lipinski definition) is 3. The van der Waals surface area contributed by atoms with E-state index >= 15 is 0 Å². The zero-order valence-corrected chi connectivity index (χ0v) is 9.29. The van der Waals surface area contributed by atoms with E-state index in [1.54, 1.807) is 0 Å². The lowest BCUT2D eigenvalue weighted by Crippen LogP contribution is -2.46. The molecule has 4 nitrogen and oxygen atoms in total. The van der Waals surface area contributed by atoms with Crippen molar-refractivity contribution in [2.45, 2.75) is 45.3 Å². The number of amides is 1. The molecule has 2 atom stereocenters. The van der Waals surface area contributed by atoms with Crippen molar-refractivity contribution < 1.29 is 4.79 Å². The number of nitrogens with one attached hydrogen (secondary N) is 1. The summed E-state index contributed by atoms with van der Waals surface area (Å²) in [6.45, 7) is 7.66. The Morgan fingerprint density at radius 1 is 1.50 bits per heavy atom. The predicted molar refractivity (Wildman–Crippen MR) is 56.9 cm³/mol. The van der Waals surface area contributed by atoms with Gasteiger partial charge < -0.3 is 11.1 Å². The van der Waals surface area contributed by atoms with Gasteiger partial charge in [0.1, 0.15) is 0 Å². The lowest BCUT2D eigenvalue weighted by molar-refractivity contribution is -0.126. The van der Waals surface area contributed by atoms with Gasteiger partial charge in [0.15, 0.2) is 0 Å². The van der Waals surface area contributed by atoms with Gasteiger partial charge >= 0.3 is 0 Å². The third kappa shape index (κ3) is 2.96. The molecule has 1 aliphatic heterocycles. The fourth-order valence-electron chi connectivity index (χ4n) is 1.74. The molecule has 1 rings (SSSR count). The monoisotopic (exact) mass is 199 g/mol. The van der Waals surface area contributed by atoms with Crippen LogP contribution in [0.5, 0.6) is 0 Å². The van der Waals surface area contributed by atoms with Crippen LogP contribution in [0.1, 0.15) is 27.2 Å². The molecule has 4 heteroatoms. The van der Waals surface area contributed by atoms with Gasteiger partial charge in [0.05, 0.1) is 6.04 Å². The molecule has 0 bridgehead atoms. The molecule has 0 aliphatic carbocycles. The molecular weight excluding hydrogens is 178 g/mol. The van der Waals surface area contributed by atoms with Gasteiger partial charge in [-0.05, 0) is 27.2 Å². The zero-order chi connectivity index (χ0) is 10.7. The molecule has 0 radical (unpaired) electrons. The highest BCUT2D eigenvalue weighted by molar-refractivity contribution is 5.81. The van der Waals surface area contributed by atoms with Crippen LogP contribution in [0, 0.1) is 0 Å². The lowest BCUT2D eigenvalue weighted by atomic mass is 10.2. The van der Waals surface area contributed by atoms with E-state index in [-0.39, 0.29) is 24.0 Å². The highest BCUT2D eigenvalue weighted by Crippen LogP contribution is 2.11. The minimum absolute atomic E-state index is 0.0500. The summed E-state index contributed by atoms with van der Waals surface area (Å²) in [4.78, 5) is 13.8. The lowest BCUT2D eigenvalue weighted by Gasteiger charge is -2.24. The molecule has 0 spiro atoms. The molecule has 1 heterocycles. The maximum Gasteiger partial charge on any atom is 0.237 e. The maximum absolute atomic E-state index is 11.7. The summed E-state index contributed by atoms with van der Waals surface area (Å²) >= 11 is 0. The molecule has 1 saturated heterocycles. The first-order valence-corrected chi connectivity index (χ1v) is 5.30. The minimum atomic E-state index is -0.0500. The normalized spacial score (nSPS) is 25.4. The van der Waals surface area contributed by atoms with Crippen molar-refractivity contribution in [2.24, 2.45) is 5.73 Å². The summed E-state index contributed by atoms with van der Waals surface area (Å²) in [7, 11) is 0. The molecule has 82 valence electrons. The van der Waals surface area contributed by atoms with Gasteiger partial charge in [0, 0.05) is 25.2 Å². The van der Waals surface area contributed by atoms with Crippen LogP contribution >= 0.6 is 0 Å². The van der Waals surface area contributed by atoms with E-state index in [0.29, 0.717) is 0 Å². The van der Waals surface area contributed by atoms with E-state index in [1.807, 2.05) is 20.8 Å². The van der Waals surface area contributed by atoms with E-state index in [9.17, 15) is 4.79 Å². The number of nitrogens with two attached hydrogens (primary N) is 1. The molecular formula is C10H21N3O. The van der Waals surface area contributed by atoms with Gasteiger partial charge in [-0.25, -0.2) is 0 Å². The van der Waals surface area contributed by atoms with Crippen molar-refractivity contribution in [3.63, 3.8) is 0 Å². The second-order valence-electron chi connectivity index (χ2n) is 4.38. The smallest absolute Gasteiger partial charge is 0.237 e. The third-order valence-electron chi connectivity index (χ3n) is 2.61. The van der Waals surface area contributed by atoms with E-state index < -0.39 is 0 Å². The summed E-state index contributed by atoms with van der Waals surface area (Å²) < 4.78 is 0. The molecule has 1 aliphatic rings. The van der Waals surface area contributed by atoms with E-state index in [0.717, 1.165) is 19.5 Å². The van der Waals surface area contributed by atoms with Crippen LogP contribution in [0.25, 0.3) is 0 Å². The summed E-state index contributed by atoms with van der Waals surface area (Å²) in [5, 5.41) is 2.91. The molecule has 0 aromatic carbocycles. The Kier molecular flexibility index (Phi) is 3.89. The Labute approximate surface area is 85.8 Å². The first-order valence-electron chi connectivity index (χ1n) is 5.30. The maximum atomic E-state index is 11.7. The van der Waals surface area contributed by atoms with Gasteiger partial charge in [0.25, 0.3) is 0 Å². The molecule has 0 saturated carbocycles. The summed E-state index contributed by atoms with van der Waals surface area (Å²) in [5.74, 6) is 0.106. The first kappa shape index (κ1) is 11.5. The average Bonchev–Trinajstić information content (AvgIpc) is 2.49. The Hall–Kier alpha value is -0.610. The number of rotatable bonds is 3. The molecule has 2 unspecified atom stereocenters. The molecule has 1 fully saturated rings. The number of carbonyl (C=O) groups excluding carboxylic acids is 1. The second kappa shape index (κ2) is 4.75. The number of carbonyl (C=O) groups is 1. The molecule has 1 amide bonds. The van der Waals surface area contributed by atoms with Gasteiger partial charge in [-0.1, -0.05) is 0 Å². The Bertz CT molecular complexity index is 206. The first-order chi connectivity index (χ1) is 6.50. The van der Waals surface area contributed by atoms with Crippen molar-refractivity contribution in [3.05, 3.63) is 0 Å². The molecule has 0 aromatic heterocycles. The summed E-state index contributed by atoms with van der Waals surface area (Å²) in [6.07, 6.45) is 0.999. The van der Waals surface area contributed by atoms with E-state index in [2.05, 4.69) is 10.2 Å². The summed E-state index contributed by atoms with van der Waals surface area (Å²) in [6, 6.07) is 0.400. The van der Waals surface area contributed by atoms with Crippen molar-refractivity contribution in [1.82, 2.24) is 10.2 Å². The van der Waals surface area contributed by atoms with Crippen LogP contribution in [0.3, 0.4) is 0 Å². The van der Waals surface area contributed by atoms with Crippen LogP contribution in [0.4, 0.5) is 0 Å². The van der Waals surface area contributed by atoms with E-state index in [1.165, 1.54) is 0 Å². The average molecular weight is 199 g/mol. The molecule has 0 aromatic rings. The highest BCUT2D eigenvalue weighted by atomic mass is 16.2. The van der Waals surface area contributed by atoms with Crippen LogP contribution in [0.15, 0.2) is 0 Å². The van der Waals surface area contributed by atoms with Crippen LogP contribution in [-0.2, 0) is 4.79 Å². The Morgan fingerprint density at radius 3 is 2.57 bits per heavy atom. The Morgan fingerprint density at radius 2 is 2.14 bits per heavy atom. The second-order valence-corrected chi connectivity index (χ2v) is 4.38. The van der Waals surface area contributed by atoms with Gasteiger partial charge in [0.2, 0.25) is 5.91 Å². The van der Waals surface area contributed by atoms with Crippen molar-refractivity contribution in [3.8, 4) is 0 Å². The fraction of sp³-hybridized carbons (Fsp3) is 0.900. The SMILES string of the molecule is CC(C)NC(=O)C(C)N1CCC(N)C1. The van der Waals surface area contributed by atoms with Crippen LogP contribution in [-0.4, -0.2) is 42.0 Å². The van der Waals surface area contributed by atoms with E-state index in [4.69, 9.17) is 5.73 Å². The van der Waals surface area contributed by atoms with Crippen molar-refractivity contribution in [2.75, 3.05) is 13.1 Å². The third-order valence-corrected chi connectivity index (χ3v) is 2.61. The molecule has 14 heavy (non-hydrogen) atoms. The fourth-order valence-corrected chi connectivity index (χ4v) is 1.74. The standard InChI is InChI=1S/C10H21N3O/c1-7(2)12-10(14)8(3)13-5-4-9(11)6-13/h7-9H,4-6,11H2,1-3H3,(H,12,14). The van der Waals surface area contributed by atoms with Gasteiger partial charge in [-0.3, -0.25) is 9.69 Å². The largest absolute Gasteiger partial charge is 0.353 e. The molecule has 3 N–H and O–H groups in total. The van der Waals surface area contributed by atoms with Crippen LogP contribution < -0.4 is 11.1 Å². The number of hydrogen-bond donors (Lipinski definition) is 2.